The van der Waals surface area contributed by atoms with Gasteiger partial charge in [0.05, 0.1) is 5.25 Å². The minimum atomic E-state index is -0.317. The summed E-state index contributed by atoms with van der Waals surface area (Å²) in [4.78, 5) is 26.5. The van der Waals surface area contributed by atoms with Gasteiger partial charge in [0, 0.05) is 18.2 Å². The summed E-state index contributed by atoms with van der Waals surface area (Å²) < 4.78 is 0.697. The monoisotopic (exact) mass is 404 g/mol. The van der Waals surface area contributed by atoms with E-state index in [2.05, 4.69) is 15.5 Å². The molecule has 6 nitrogen and oxygen atoms in total. The first kappa shape index (κ1) is 19.8. The number of carbonyl (C=O) groups excluding carboxylic acids is 2. The van der Waals surface area contributed by atoms with Crippen LogP contribution in [0.15, 0.2) is 22.5 Å². The van der Waals surface area contributed by atoms with Crippen LogP contribution in [0, 0.1) is 13.8 Å². The molecule has 1 aromatic heterocycles. The van der Waals surface area contributed by atoms with Crippen molar-refractivity contribution < 1.29 is 9.59 Å². The highest BCUT2D eigenvalue weighted by Crippen LogP contribution is 2.37. The molecule has 8 heteroatoms. The number of thioether (sulfide) groups is 1. The standard InChI is InChI=1S/C19H24N4O2S2/c1-5-16(24)23(14-7-8-14)18-21-22-19(27-18)26-13(4)17(25)20-15-9-6-11(2)10-12(15)3/h6,9-10,13-14H,5,7-8H2,1-4H3,(H,20,25)/t13-/m0/s1. The van der Waals surface area contributed by atoms with E-state index in [-0.39, 0.29) is 23.1 Å². The van der Waals surface area contributed by atoms with Gasteiger partial charge in [-0.05, 0) is 45.2 Å². The average molecular weight is 405 g/mol. The number of rotatable bonds is 7. The van der Waals surface area contributed by atoms with E-state index < -0.39 is 0 Å². The molecule has 1 heterocycles. The average Bonchev–Trinajstić information content (AvgIpc) is 3.36. The fourth-order valence-electron chi connectivity index (χ4n) is 2.71. The molecule has 2 amide bonds. The zero-order valence-electron chi connectivity index (χ0n) is 16.0. The van der Waals surface area contributed by atoms with Gasteiger partial charge >= 0.3 is 0 Å². The molecule has 1 fully saturated rings. The van der Waals surface area contributed by atoms with Crippen LogP contribution in [0.1, 0.15) is 44.2 Å². The number of carbonyl (C=O) groups is 2. The first-order valence-corrected chi connectivity index (χ1v) is 10.8. The fraction of sp³-hybridized carbons (Fsp3) is 0.474. The Labute approximate surface area is 167 Å². The number of hydrogen-bond acceptors (Lipinski definition) is 6. The second-order valence-electron chi connectivity index (χ2n) is 6.77. The largest absolute Gasteiger partial charge is 0.325 e. The lowest BCUT2D eigenvalue weighted by Gasteiger charge is -2.17. The van der Waals surface area contributed by atoms with Crippen LogP contribution in [0.3, 0.4) is 0 Å². The zero-order valence-corrected chi connectivity index (χ0v) is 17.6. The summed E-state index contributed by atoms with van der Waals surface area (Å²) in [6.45, 7) is 7.71. The van der Waals surface area contributed by atoms with Crippen molar-refractivity contribution in [3.05, 3.63) is 29.3 Å². The molecule has 0 unspecified atom stereocenters. The minimum absolute atomic E-state index is 0.0748. The summed E-state index contributed by atoms with van der Waals surface area (Å²) in [5, 5.41) is 11.7. The van der Waals surface area contributed by atoms with Gasteiger partial charge in [0.1, 0.15) is 0 Å². The van der Waals surface area contributed by atoms with Gasteiger partial charge in [0.15, 0.2) is 4.34 Å². The highest BCUT2D eigenvalue weighted by atomic mass is 32.2. The second kappa shape index (κ2) is 8.39. The van der Waals surface area contributed by atoms with Gasteiger partial charge in [-0.3, -0.25) is 14.5 Å². The SMILES string of the molecule is CCC(=O)N(c1nnc(S[C@@H](C)C(=O)Nc2ccc(C)cc2C)s1)C1CC1. The van der Waals surface area contributed by atoms with E-state index in [0.29, 0.717) is 15.9 Å². The second-order valence-corrected chi connectivity index (χ2v) is 9.31. The van der Waals surface area contributed by atoms with Crippen LogP contribution in [-0.4, -0.2) is 33.3 Å². The van der Waals surface area contributed by atoms with E-state index >= 15 is 0 Å². The molecular formula is C19H24N4O2S2. The van der Waals surface area contributed by atoms with Crippen molar-refractivity contribution in [1.29, 1.82) is 0 Å². The number of aryl methyl sites for hydroxylation is 2. The maximum absolute atomic E-state index is 12.5. The van der Waals surface area contributed by atoms with E-state index in [0.717, 1.165) is 29.7 Å². The number of aromatic nitrogens is 2. The maximum atomic E-state index is 12.5. The predicted octanol–water partition coefficient (Wildman–Crippen LogP) is 4.18. The summed E-state index contributed by atoms with van der Waals surface area (Å²) >= 11 is 2.74. The van der Waals surface area contributed by atoms with Crippen molar-refractivity contribution >= 4 is 45.7 Å². The number of hydrogen-bond donors (Lipinski definition) is 1. The Morgan fingerprint density at radius 3 is 2.70 bits per heavy atom. The third-order valence-electron chi connectivity index (χ3n) is 4.37. The number of benzene rings is 1. The Balaban J connectivity index is 1.64. The topological polar surface area (TPSA) is 75.2 Å². The van der Waals surface area contributed by atoms with Gasteiger partial charge < -0.3 is 5.32 Å². The Hall–Kier alpha value is -1.93. The van der Waals surface area contributed by atoms with Gasteiger partial charge in [-0.1, -0.05) is 47.7 Å². The molecule has 0 bridgehead atoms. The molecule has 1 saturated carbocycles. The molecule has 0 spiro atoms. The number of amides is 2. The molecule has 0 aliphatic heterocycles. The van der Waals surface area contributed by atoms with E-state index in [9.17, 15) is 9.59 Å². The van der Waals surface area contributed by atoms with E-state index in [1.54, 1.807) is 4.90 Å². The zero-order chi connectivity index (χ0) is 19.6. The quantitative estimate of drug-likeness (QED) is 0.553. The summed E-state index contributed by atoms with van der Waals surface area (Å²) in [5.41, 5.74) is 3.03. The number of anilines is 2. The fourth-order valence-corrected chi connectivity index (χ4v) is 4.78. The molecule has 0 radical (unpaired) electrons. The van der Waals surface area contributed by atoms with Crippen molar-refractivity contribution in [2.45, 2.75) is 62.6 Å². The van der Waals surface area contributed by atoms with Crippen molar-refractivity contribution in [2.24, 2.45) is 0 Å². The third-order valence-corrected chi connectivity index (χ3v) is 6.48. The minimum Gasteiger partial charge on any atom is -0.325 e. The van der Waals surface area contributed by atoms with Crippen LogP contribution in [0.25, 0.3) is 0 Å². The van der Waals surface area contributed by atoms with Gasteiger partial charge in [-0.2, -0.15) is 0 Å². The van der Waals surface area contributed by atoms with Gasteiger partial charge in [0.2, 0.25) is 16.9 Å². The van der Waals surface area contributed by atoms with Crippen LogP contribution in [0.2, 0.25) is 0 Å². The van der Waals surface area contributed by atoms with Crippen molar-refractivity contribution in [3.8, 4) is 0 Å². The molecule has 1 atom stereocenters. The smallest absolute Gasteiger partial charge is 0.237 e. The van der Waals surface area contributed by atoms with E-state index in [1.165, 1.54) is 23.1 Å². The first-order chi connectivity index (χ1) is 12.9. The molecule has 1 aliphatic rings. The predicted molar refractivity (Wildman–Crippen MR) is 111 cm³/mol. The molecule has 144 valence electrons. The summed E-state index contributed by atoms with van der Waals surface area (Å²) in [6.07, 6.45) is 2.48. The van der Waals surface area contributed by atoms with Crippen LogP contribution in [0.4, 0.5) is 10.8 Å². The molecule has 1 aromatic carbocycles. The molecule has 27 heavy (non-hydrogen) atoms. The molecular weight excluding hydrogens is 380 g/mol. The van der Waals surface area contributed by atoms with E-state index in [4.69, 9.17) is 0 Å². The molecule has 2 aromatic rings. The lowest BCUT2D eigenvalue weighted by Crippen LogP contribution is -2.32. The summed E-state index contributed by atoms with van der Waals surface area (Å²) in [6, 6.07) is 6.21. The lowest BCUT2D eigenvalue weighted by molar-refractivity contribution is -0.118. The van der Waals surface area contributed by atoms with Gasteiger partial charge in [-0.25, -0.2) is 0 Å². The van der Waals surface area contributed by atoms with Crippen LogP contribution < -0.4 is 10.2 Å². The first-order valence-electron chi connectivity index (χ1n) is 9.09. The van der Waals surface area contributed by atoms with Crippen molar-refractivity contribution in [1.82, 2.24) is 10.2 Å². The summed E-state index contributed by atoms with van der Waals surface area (Å²) in [5.74, 6) is -0.00164. The van der Waals surface area contributed by atoms with Crippen molar-refractivity contribution in [3.63, 3.8) is 0 Å². The maximum Gasteiger partial charge on any atom is 0.237 e. The Morgan fingerprint density at radius 1 is 1.33 bits per heavy atom. The molecule has 1 N–H and O–H groups in total. The Morgan fingerprint density at radius 2 is 2.07 bits per heavy atom. The number of nitrogens with zero attached hydrogens (tertiary/aromatic N) is 3. The number of nitrogens with one attached hydrogen (secondary N) is 1. The lowest BCUT2D eigenvalue weighted by atomic mass is 10.1. The van der Waals surface area contributed by atoms with Crippen molar-refractivity contribution in [2.75, 3.05) is 10.2 Å². The summed E-state index contributed by atoms with van der Waals surface area (Å²) in [7, 11) is 0. The third kappa shape index (κ3) is 4.87. The van der Waals surface area contributed by atoms with Gasteiger partial charge in [0.25, 0.3) is 0 Å². The molecule has 1 aliphatic carbocycles. The molecule has 3 rings (SSSR count). The highest BCUT2D eigenvalue weighted by molar-refractivity contribution is 8.02. The highest BCUT2D eigenvalue weighted by Gasteiger charge is 2.35. The van der Waals surface area contributed by atoms with Crippen LogP contribution in [-0.2, 0) is 9.59 Å². The Bertz CT molecular complexity index is 848. The van der Waals surface area contributed by atoms with Gasteiger partial charge in [-0.15, -0.1) is 10.2 Å². The Kier molecular flexibility index (Phi) is 6.16. The van der Waals surface area contributed by atoms with Crippen LogP contribution in [0.5, 0.6) is 0 Å². The normalized spacial score (nSPS) is 14.7. The van der Waals surface area contributed by atoms with E-state index in [1.807, 2.05) is 45.9 Å². The van der Waals surface area contributed by atoms with Crippen LogP contribution >= 0.6 is 23.1 Å². The molecule has 0 saturated heterocycles.